The number of aromatic nitrogens is 2. The molecule has 0 N–H and O–H groups in total. The summed E-state index contributed by atoms with van der Waals surface area (Å²) in [6, 6.07) is 18.1. The standard InChI is InChI=1S/C21H20N2O2S/c1-14-8-12-18(13-9-14)26-19-15(2)22-23(17-6-4-3-5-7-17)20(19)25-21(24)16-10-11-16/h3-9,12-13,16H,10-11H2,1-2H3. The first-order chi connectivity index (χ1) is 12.6. The van der Waals surface area contributed by atoms with Crippen molar-refractivity contribution in [2.24, 2.45) is 5.92 Å². The van der Waals surface area contributed by atoms with Gasteiger partial charge in [0.1, 0.15) is 0 Å². The highest BCUT2D eigenvalue weighted by atomic mass is 32.2. The van der Waals surface area contributed by atoms with Crippen LogP contribution >= 0.6 is 11.8 Å². The van der Waals surface area contributed by atoms with Crippen LogP contribution in [0.15, 0.2) is 64.4 Å². The molecule has 132 valence electrons. The molecule has 0 radical (unpaired) electrons. The molecule has 4 nitrogen and oxygen atoms in total. The number of aryl methyl sites for hydroxylation is 2. The van der Waals surface area contributed by atoms with Gasteiger partial charge in [0.05, 0.1) is 22.2 Å². The van der Waals surface area contributed by atoms with E-state index in [1.807, 2.05) is 37.3 Å². The lowest BCUT2D eigenvalue weighted by Crippen LogP contribution is -2.13. The first-order valence-electron chi connectivity index (χ1n) is 8.73. The third kappa shape index (κ3) is 3.53. The first kappa shape index (κ1) is 16.9. The summed E-state index contributed by atoms with van der Waals surface area (Å²) in [4.78, 5) is 14.3. The van der Waals surface area contributed by atoms with Crippen LogP contribution in [0.1, 0.15) is 24.1 Å². The van der Waals surface area contributed by atoms with Gasteiger partial charge < -0.3 is 4.74 Å². The first-order valence-corrected chi connectivity index (χ1v) is 9.55. The molecule has 3 aromatic rings. The van der Waals surface area contributed by atoms with Crippen LogP contribution in [0.3, 0.4) is 0 Å². The number of hydrogen-bond donors (Lipinski definition) is 0. The van der Waals surface area contributed by atoms with Crippen molar-refractivity contribution in [2.75, 3.05) is 0 Å². The summed E-state index contributed by atoms with van der Waals surface area (Å²) in [6.07, 6.45) is 1.83. The Hall–Kier alpha value is -2.53. The van der Waals surface area contributed by atoms with Crippen LogP contribution in [0.5, 0.6) is 5.88 Å². The molecule has 4 rings (SSSR count). The Morgan fingerprint density at radius 1 is 1.08 bits per heavy atom. The molecule has 26 heavy (non-hydrogen) atoms. The van der Waals surface area contributed by atoms with Gasteiger partial charge in [0.15, 0.2) is 0 Å². The molecule has 1 aliphatic rings. The predicted octanol–water partition coefficient (Wildman–Crippen LogP) is 4.96. The van der Waals surface area contributed by atoms with Gasteiger partial charge in [0, 0.05) is 4.90 Å². The normalized spacial score (nSPS) is 13.6. The van der Waals surface area contributed by atoms with Crippen LogP contribution < -0.4 is 4.74 Å². The van der Waals surface area contributed by atoms with E-state index >= 15 is 0 Å². The van der Waals surface area contributed by atoms with Gasteiger partial charge in [-0.1, -0.05) is 47.7 Å². The summed E-state index contributed by atoms with van der Waals surface area (Å²) < 4.78 is 7.54. The third-order valence-corrected chi connectivity index (χ3v) is 5.50. The molecule has 1 fully saturated rings. The van der Waals surface area contributed by atoms with Gasteiger partial charge in [-0.05, 0) is 51.0 Å². The van der Waals surface area contributed by atoms with Crippen molar-refractivity contribution >= 4 is 17.7 Å². The molecule has 0 amide bonds. The quantitative estimate of drug-likeness (QED) is 0.601. The van der Waals surface area contributed by atoms with Crippen molar-refractivity contribution in [1.29, 1.82) is 0 Å². The molecule has 1 heterocycles. The number of rotatable bonds is 5. The van der Waals surface area contributed by atoms with Gasteiger partial charge in [0.25, 0.3) is 0 Å². The van der Waals surface area contributed by atoms with Crippen molar-refractivity contribution in [3.05, 3.63) is 65.9 Å². The fraction of sp³-hybridized carbons (Fsp3) is 0.238. The average molecular weight is 364 g/mol. The van der Waals surface area contributed by atoms with E-state index in [0.717, 1.165) is 34.0 Å². The fourth-order valence-electron chi connectivity index (χ4n) is 2.66. The maximum atomic E-state index is 12.3. The lowest BCUT2D eigenvalue weighted by atomic mass is 10.2. The smallest absolute Gasteiger partial charge is 0.315 e. The van der Waals surface area contributed by atoms with Gasteiger partial charge in [0.2, 0.25) is 5.88 Å². The second-order valence-corrected chi connectivity index (χ2v) is 7.66. The number of carbonyl (C=O) groups excluding carboxylic acids is 1. The SMILES string of the molecule is Cc1ccc(Sc2c(C)nn(-c3ccccc3)c2OC(=O)C2CC2)cc1. The van der Waals surface area contributed by atoms with Crippen LogP contribution in [0, 0.1) is 19.8 Å². The number of benzene rings is 2. The highest BCUT2D eigenvalue weighted by Gasteiger charge is 2.33. The maximum absolute atomic E-state index is 12.3. The summed E-state index contributed by atoms with van der Waals surface area (Å²) in [6.45, 7) is 4.01. The van der Waals surface area contributed by atoms with E-state index in [2.05, 4.69) is 36.3 Å². The largest absolute Gasteiger partial charge is 0.406 e. The summed E-state index contributed by atoms with van der Waals surface area (Å²) in [5.74, 6) is 0.385. The van der Waals surface area contributed by atoms with Crippen molar-refractivity contribution in [3.63, 3.8) is 0 Å². The van der Waals surface area contributed by atoms with Crippen LogP contribution in [0.2, 0.25) is 0 Å². The van der Waals surface area contributed by atoms with Gasteiger partial charge >= 0.3 is 5.97 Å². The monoisotopic (exact) mass is 364 g/mol. The van der Waals surface area contributed by atoms with Gasteiger partial charge in [-0.15, -0.1) is 0 Å². The van der Waals surface area contributed by atoms with Crippen LogP contribution in [0.25, 0.3) is 5.69 Å². The number of esters is 1. The van der Waals surface area contributed by atoms with E-state index in [0.29, 0.717) is 5.88 Å². The van der Waals surface area contributed by atoms with Crippen molar-refractivity contribution < 1.29 is 9.53 Å². The van der Waals surface area contributed by atoms with E-state index < -0.39 is 0 Å². The molecule has 0 saturated heterocycles. The number of nitrogens with zero attached hydrogens (tertiary/aromatic N) is 2. The second-order valence-electron chi connectivity index (χ2n) is 6.58. The van der Waals surface area contributed by atoms with Gasteiger partial charge in [-0.3, -0.25) is 4.79 Å². The van der Waals surface area contributed by atoms with E-state index in [9.17, 15) is 4.79 Å². The lowest BCUT2D eigenvalue weighted by molar-refractivity contribution is -0.136. The molecular formula is C21H20N2O2S. The molecule has 0 atom stereocenters. The minimum atomic E-state index is -0.159. The molecular weight excluding hydrogens is 344 g/mol. The Labute approximate surface area is 157 Å². The lowest BCUT2D eigenvalue weighted by Gasteiger charge is -2.10. The topological polar surface area (TPSA) is 44.1 Å². The zero-order chi connectivity index (χ0) is 18.1. The maximum Gasteiger partial charge on any atom is 0.315 e. The Morgan fingerprint density at radius 3 is 2.42 bits per heavy atom. The zero-order valence-electron chi connectivity index (χ0n) is 14.8. The van der Waals surface area contributed by atoms with Gasteiger partial charge in [-0.2, -0.15) is 9.78 Å². The fourth-order valence-corrected chi connectivity index (χ4v) is 3.58. The Bertz CT molecular complexity index is 929. The van der Waals surface area contributed by atoms with Gasteiger partial charge in [-0.25, -0.2) is 0 Å². The molecule has 0 unspecified atom stereocenters. The third-order valence-electron chi connectivity index (χ3n) is 4.31. The van der Waals surface area contributed by atoms with Crippen LogP contribution in [-0.2, 0) is 4.79 Å². The van der Waals surface area contributed by atoms with E-state index in [1.54, 1.807) is 16.4 Å². The minimum absolute atomic E-state index is 0.0339. The predicted molar refractivity (Wildman–Crippen MR) is 102 cm³/mol. The molecule has 2 aromatic carbocycles. The van der Waals surface area contributed by atoms with E-state index in [-0.39, 0.29) is 11.9 Å². The molecule has 1 aliphatic carbocycles. The van der Waals surface area contributed by atoms with Crippen LogP contribution in [0.4, 0.5) is 0 Å². The number of hydrogen-bond acceptors (Lipinski definition) is 4. The Kier molecular flexibility index (Phi) is 4.55. The van der Waals surface area contributed by atoms with Crippen molar-refractivity contribution in [3.8, 4) is 11.6 Å². The highest BCUT2D eigenvalue weighted by molar-refractivity contribution is 7.99. The van der Waals surface area contributed by atoms with Crippen molar-refractivity contribution in [1.82, 2.24) is 9.78 Å². The molecule has 5 heteroatoms. The minimum Gasteiger partial charge on any atom is -0.406 e. The molecule has 1 aromatic heterocycles. The summed E-state index contributed by atoms with van der Waals surface area (Å²) in [7, 11) is 0. The Morgan fingerprint density at radius 2 is 1.77 bits per heavy atom. The number of ether oxygens (including phenoxy) is 1. The highest BCUT2D eigenvalue weighted by Crippen LogP contribution is 2.40. The van der Waals surface area contributed by atoms with E-state index in [4.69, 9.17) is 4.74 Å². The molecule has 0 aliphatic heterocycles. The molecule has 0 spiro atoms. The molecule has 1 saturated carbocycles. The molecule has 0 bridgehead atoms. The van der Waals surface area contributed by atoms with Crippen LogP contribution in [-0.4, -0.2) is 15.7 Å². The van der Waals surface area contributed by atoms with E-state index in [1.165, 1.54) is 5.56 Å². The number of para-hydroxylation sites is 1. The van der Waals surface area contributed by atoms with Crippen molar-refractivity contribution in [2.45, 2.75) is 36.5 Å². The zero-order valence-corrected chi connectivity index (χ0v) is 15.6. The summed E-state index contributed by atoms with van der Waals surface area (Å²) in [5, 5.41) is 4.65. The summed E-state index contributed by atoms with van der Waals surface area (Å²) in [5.41, 5.74) is 2.94. The second kappa shape index (κ2) is 7.00. The number of carbonyl (C=O) groups is 1. The Balaban J connectivity index is 1.74. The average Bonchev–Trinajstić information content (AvgIpc) is 3.46. The summed E-state index contributed by atoms with van der Waals surface area (Å²) >= 11 is 1.58.